The van der Waals surface area contributed by atoms with Crippen LogP contribution in [0.25, 0.3) is 33.1 Å². The van der Waals surface area contributed by atoms with Gasteiger partial charge in [-0.05, 0) is 30.7 Å². The molecule has 118 valence electrons. The van der Waals surface area contributed by atoms with Crippen LogP contribution in [0.15, 0.2) is 67.0 Å². The highest BCUT2D eigenvalue weighted by atomic mass is 16.4. The van der Waals surface area contributed by atoms with E-state index in [0.29, 0.717) is 28.0 Å². The van der Waals surface area contributed by atoms with Crippen LogP contribution in [0.1, 0.15) is 5.56 Å². The van der Waals surface area contributed by atoms with Crippen molar-refractivity contribution >= 4 is 27.6 Å². The van der Waals surface area contributed by atoms with Crippen molar-refractivity contribution < 1.29 is 8.83 Å². The Morgan fingerprint density at radius 1 is 0.917 bits per heavy atom. The normalized spacial score (nSPS) is 11.2. The molecule has 0 bridgehead atoms. The largest absolute Gasteiger partial charge is 0.422 e. The molecule has 2 aromatic heterocycles. The Labute approximate surface area is 135 Å². The fourth-order valence-electron chi connectivity index (χ4n) is 2.87. The first-order chi connectivity index (χ1) is 11.5. The number of aryl methyl sites for hydroxylation is 1. The van der Waals surface area contributed by atoms with Crippen LogP contribution < -0.4 is 17.0 Å². The fourth-order valence-corrected chi connectivity index (χ4v) is 2.87. The van der Waals surface area contributed by atoms with Gasteiger partial charge >= 0.3 is 11.3 Å². The third kappa shape index (κ3) is 2.18. The molecule has 0 fully saturated rings. The molecule has 2 aromatic carbocycles. The summed E-state index contributed by atoms with van der Waals surface area (Å²) >= 11 is 0. The molecule has 24 heavy (non-hydrogen) atoms. The molecule has 0 radical (unpaired) electrons. The van der Waals surface area contributed by atoms with Crippen LogP contribution in [0.4, 0.5) is 5.69 Å². The van der Waals surface area contributed by atoms with Crippen LogP contribution in [0.3, 0.4) is 0 Å². The number of nitrogens with two attached hydrogens (primary N) is 1. The molecular formula is C19H13NO4. The molecule has 4 rings (SSSR count). The van der Waals surface area contributed by atoms with E-state index >= 15 is 0 Å². The summed E-state index contributed by atoms with van der Waals surface area (Å²) in [6.45, 7) is 1.83. The quantitative estimate of drug-likeness (QED) is 0.429. The summed E-state index contributed by atoms with van der Waals surface area (Å²) in [4.78, 5) is 24.2. The average Bonchev–Trinajstić information content (AvgIpc) is 2.54. The predicted octanol–water partition coefficient (Wildman–Crippen LogP) is 3.46. The van der Waals surface area contributed by atoms with E-state index in [4.69, 9.17) is 14.6 Å². The van der Waals surface area contributed by atoms with Crippen LogP contribution >= 0.6 is 0 Å². The second-order valence-corrected chi connectivity index (χ2v) is 5.68. The minimum absolute atomic E-state index is 0.339. The molecule has 0 unspecified atom stereocenters. The van der Waals surface area contributed by atoms with E-state index in [9.17, 15) is 9.59 Å². The number of benzene rings is 2. The first-order valence-corrected chi connectivity index (χ1v) is 7.40. The topological polar surface area (TPSA) is 86.4 Å². The Morgan fingerprint density at radius 3 is 2.58 bits per heavy atom. The van der Waals surface area contributed by atoms with Crippen molar-refractivity contribution in [2.45, 2.75) is 6.92 Å². The molecule has 0 amide bonds. The highest BCUT2D eigenvalue weighted by Gasteiger charge is 2.14. The van der Waals surface area contributed by atoms with Crippen LogP contribution in [-0.2, 0) is 0 Å². The molecule has 0 aliphatic carbocycles. The van der Waals surface area contributed by atoms with Gasteiger partial charge in [0.25, 0.3) is 0 Å². The van der Waals surface area contributed by atoms with Gasteiger partial charge < -0.3 is 14.6 Å². The molecule has 0 atom stereocenters. The lowest BCUT2D eigenvalue weighted by molar-refractivity contribution is 0.555. The monoisotopic (exact) mass is 319 g/mol. The summed E-state index contributed by atoms with van der Waals surface area (Å²) in [5, 5.41) is 1.52. The maximum absolute atomic E-state index is 12.4. The van der Waals surface area contributed by atoms with E-state index in [1.807, 2.05) is 19.1 Å². The molecule has 0 saturated heterocycles. The van der Waals surface area contributed by atoms with Crippen molar-refractivity contribution in [1.29, 1.82) is 0 Å². The first-order valence-electron chi connectivity index (χ1n) is 7.40. The van der Waals surface area contributed by atoms with Crippen molar-refractivity contribution in [2.24, 2.45) is 0 Å². The number of nitrogen functional groups attached to an aromatic ring is 1. The van der Waals surface area contributed by atoms with Gasteiger partial charge in [0, 0.05) is 34.2 Å². The van der Waals surface area contributed by atoms with E-state index in [1.54, 1.807) is 30.3 Å². The van der Waals surface area contributed by atoms with Gasteiger partial charge in [0.2, 0.25) is 0 Å². The lowest BCUT2D eigenvalue weighted by atomic mass is 10.0. The van der Waals surface area contributed by atoms with Crippen molar-refractivity contribution in [1.82, 2.24) is 0 Å². The van der Waals surface area contributed by atoms with Gasteiger partial charge in [0.1, 0.15) is 11.2 Å². The summed E-state index contributed by atoms with van der Waals surface area (Å²) < 4.78 is 10.7. The van der Waals surface area contributed by atoms with Gasteiger partial charge in [-0.25, -0.2) is 9.59 Å². The summed E-state index contributed by atoms with van der Waals surface area (Å²) in [5.41, 5.74) is 7.73. The molecular weight excluding hydrogens is 306 g/mol. The van der Waals surface area contributed by atoms with Crippen molar-refractivity contribution in [3.05, 3.63) is 74.9 Å². The third-order valence-corrected chi connectivity index (χ3v) is 4.03. The van der Waals surface area contributed by atoms with E-state index in [1.165, 1.54) is 6.07 Å². The van der Waals surface area contributed by atoms with Gasteiger partial charge in [-0.15, -0.1) is 0 Å². The van der Waals surface area contributed by atoms with Crippen molar-refractivity contribution in [3.63, 3.8) is 0 Å². The van der Waals surface area contributed by atoms with Gasteiger partial charge in [-0.2, -0.15) is 0 Å². The Bertz CT molecular complexity index is 1220. The number of rotatable bonds is 1. The SMILES string of the molecule is Cc1cc(=O)oc2c(-c3cc4ccc(N)cc4oc3=O)cccc12. The summed E-state index contributed by atoms with van der Waals surface area (Å²) in [6.07, 6.45) is 0. The Balaban J connectivity index is 2.10. The molecule has 2 heterocycles. The number of anilines is 1. The smallest absolute Gasteiger partial charge is 0.344 e. The third-order valence-electron chi connectivity index (χ3n) is 4.03. The summed E-state index contributed by atoms with van der Waals surface area (Å²) in [6, 6.07) is 13.7. The highest BCUT2D eigenvalue weighted by Crippen LogP contribution is 2.29. The predicted molar refractivity (Wildman–Crippen MR) is 93.1 cm³/mol. The Morgan fingerprint density at radius 2 is 1.75 bits per heavy atom. The van der Waals surface area contributed by atoms with Gasteiger partial charge in [0.05, 0.1) is 5.56 Å². The highest BCUT2D eigenvalue weighted by molar-refractivity contribution is 5.95. The number of fused-ring (bicyclic) bond motifs is 2. The molecule has 0 aliphatic heterocycles. The molecule has 4 aromatic rings. The lowest BCUT2D eigenvalue weighted by Crippen LogP contribution is -2.05. The van der Waals surface area contributed by atoms with E-state index < -0.39 is 11.3 Å². The zero-order chi connectivity index (χ0) is 16.8. The molecule has 5 heteroatoms. The molecule has 0 saturated carbocycles. The Kier molecular flexibility index (Phi) is 3.03. The summed E-state index contributed by atoms with van der Waals surface area (Å²) in [7, 11) is 0. The Hall–Kier alpha value is -3.34. The van der Waals surface area contributed by atoms with Crippen LogP contribution in [0.2, 0.25) is 0 Å². The van der Waals surface area contributed by atoms with Crippen LogP contribution in [-0.4, -0.2) is 0 Å². The second kappa shape index (κ2) is 5.09. The van der Waals surface area contributed by atoms with E-state index in [2.05, 4.69) is 0 Å². The van der Waals surface area contributed by atoms with Crippen molar-refractivity contribution in [3.8, 4) is 11.1 Å². The maximum atomic E-state index is 12.4. The molecule has 5 nitrogen and oxygen atoms in total. The minimum Gasteiger partial charge on any atom is -0.422 e. The van der Waals surface area contributed by atoms with Gasteiger partial charge in [-0.1, -0.05) is 18.2 Å². The van der Waals surface area contributed by atoms with Crippen LogP contribution in [0.5, 0.6) is 0 Å². The number of hydrogen-bond acceptors (Lipinski definition) is 5. The standard InChI is InChI=1S/C19H13NO4/c1-10-7-17(21)24-18-13(10)3-2-4-14(18)15-8-11-5-6-12(20)9-16(11)23-19(15)22/h2-9H,20H2,1H3. The fraction of sp³-hybridized carbons (Fsp3) is 0.0526. The second-order valence-electron chi connectivity index (χ2n) is 5.68. The number of hydrogen-bond donors (Lipinski definition) is 1. The van der Waals surface area contributed by atoms with Crippen LogP contribution in [0, 0.1) is 6.92 Å². The maximum Gasteiger partial charge on any atom is 0.344 e. The zero-order valence-electron chi connectivity index (χ0n) is 12.8. The van der Waals surface area contributed by atoms with E-state index in [0.717, 1.165) is 16.3 Å². The van der Waals surface area contributed by atoms with Gasteiger partial charge in [-0.3, -0.25) is 0 Å². The van der Waals surface area contributed by atoms with E-state index in [-0.39, 0.29) is 0 Å². The zero-order valence-corrected chi connectivity index (χ0v) is 12.8. The first kappa shape index (κ1) is 14.3. The number of para-hydroxylation sites is 1. The molecule has 0 spiro atoms. The molecule has 2 N–H and O–H groups in total. The van der Waals surface area contributed by atoms with Crippen molar-refractivity contribution in [2.75, 3.05) is 5.73 Å². The minimum atomic E-state index is -0.509. The van der Waals surface area contributed by atoms with Gasteiger partial charge in [0.15, 0.2) is 0 Å². The summed E-state index contributed by atoms with van der Waals surface area (Å²) in [5.74, 6) is 0. The average molecular weight is 319 g/mol. The molecule has 0 aliphatic rings. The lowest BCUT2D eigenvalue weighted by Gasteiger charge is -2.07.